The summed E-state index contributed by atoms with van der Waals surface area (Å²) < 4.78 is 21.0. The van der Waals surface area contributed by atoms with Crippen LogP contribution in [0, 0.1) is 12.7 Å². The second kappa shape index (κ2) is 13.2. The summed E-state index contributed by atoms with van der Waals surface area (Å²) in [5.41, 5.74) is 8.11. The average Bonchev–Trinajstić information content (AvgIpc) is 3.43. The van der Waals surface area contributed by atoms with Gasteiger partial charge in [-0.1, -0.05) is 48.0 Å². The Bertz CT molecular complexity index is 1680. The first kappa shape index (κ1) is 28.7. The van der Waals surface area contributed by atoms with Crippen molar-refractivity contribution < 1.29 is 13.9 Å². The molecule has 0 bridgehead atoms. The number of halogens is 3. The first-order valence-corrected chi connectivity index (χ1v) is 14.9. The Kier molecular flexibility index (Phi) is 9.23. The second-order valence-corrected chi connectivity index (χ2v) is 11.6. The number of anilines is 2. The van der Waals surface area contributed by atoms with Crippen LogP contribution in [0.15, 0.2) is 104 Å². The van der Waals surface area contributed by atoms with Crippen molar-refractivity contribution in [3.05, 3.63) is 127 Å². The van der Waals surface area contributed by atoms with Gasteiger partial charge in [0, 0.05) is 27.8 Å². The summed E-state index contributed by atoms with van der Waals surface area (Å²) in [5, 5.41) is 10.2. The summed E-state index contributed by atoms with van der Waals surface area (Å²) in [6, 6.07) is 25.4. The lowest BCUT2D eigenvalue weighted by Crippen LogP contribution is -2.17. The van der Waals surface area contributed by atoms with Crippen molar-refractivity contribution in [1.82, 2.24) is 10.4 Å². The van der Waals surface area contributed by atoms with Gasteiger partial charge >= 0.3 is 0 Å². The van der Waals surface area contributed by atoms with Crippen molar-refractivity contribution in [3.8, 4) is 17.0 Å². The monoisotopic (exact) mass is 692 g/mol. The lowest BCUT2D eigenvalue weighted by atomic mass is 10.1. The summed E-state index contributed by atoms with van der Waals surface area (Å²) in [6.07, 6.45) is 1.53. The molecule has 1 aromatic heterocycles. The zero-order valence-corrected chi connectivity index (χ0v) is 25.7. The molecule has 0 saturated heterocycles. The lowest BCUT2D eigenvalue weighted by Gasteiger charge is -2.11. The third kappa shape index (κ3) is 7.46. The number of thiazole rings is 1. The molecule has 2 N–H and O–H groups in total. The van der Waals surface area contributed by atoms with Crippen molar-refractivity contribution >= 4 is 66.1 Å². The first-order chi connectivity index (χ1) is 19.9. The number of ether oxygens (including phenoxy) is 1. The van der Waals surface area contributed by atoms with Crippen molar-refractivity contribution in [1.29, 1.82) is 0 Å². The van der Waals surface area contributed by atoms with Crippen LogP contribution in [0.4, 0.5) is 15.2 Å². The standard InChI is InChI=1S/C31H23Br2FN4O2S/c1-19-6-12-24(13-7-19)36-31-37-28(18-41-31)21-8-10-22(11-9-21)30(39)38-35-16-20-14-25(32)29(26(33)15-20)40-17-23-4-2-3-5-27(23)34/h2-16,18H,17H2,1H3,(H,36,37)(H,38,39)/b35-16-. The van der Waals surface area contributed by atoms with E-state index >= 15 is 0 Å². The predicted molar refractivity (Wildman–Crippen MR) is 170 cm³/mol. The molecule has 0 unspecified atom stereocenters. The summed E-state index contributed by atoms with van der Waals surface area (Å²) in [6.45, 7) is 2.13. The van der Waals surface area contributed by atoms with Crippen molar-refractivity contribution in [3.63, 3.8) is 0 Å². The maximum absolute atomic E-state index is 13.9. The number of aromatic nitrogens is 1. The molecule has 0 radical (unpaired) electrons. The molecule has 0 aliphatic rings. The van der Waals surface area contributed by atoms with Crippen LogP contribution in [0.3, 0.4) is 0 Å². The molecular formula is C31H23Br2FN4O2S. The average molecular weight is 694 g/mol. The van der Waals surface area contributed by atoms with Gasteiger partial charge in [0.15, 0.2) is 5.13 Å². The van der Waals surface area contributed by atoms with Gasteiger partial charge in [0.05, 0.1) is 20.9 Å². The van der Waals surface area contributed by atoms with Gasteiger partial charge in [0.25, 0.3) is 5.91 Å². The van der Waals surface area contributed by atoms with Crippen molar-refractivity contribution in [2.24, 2.45) is 5.10 Å². The minimum absolute atomic E-state index is 0.0834. The Balaban J connectivity index is 1.17. The molecule has 0 saturated carbocycles. The summed E-state index contributed by atoms with van der Waals surface area (Å²) in [7, 11) is 0. The van der Waals surface area contributed by atoms with E-state index in [1.54, 1.807) is 42.5 Å². The number of carbonyl (C=O) groups is 1. The molecule has 41 heavy (non-hydrogen) atoms. The maximum Gasteiger partial charge on any atom is 0.271 e. The molecular weight excluding hydrogens is 671 g/mol. The quantitative estimate of drug-likeness (QED) is 0.119. The smallest absolute Gasteiger partial charge is 0.271 e. The highest BCUT2D eigenvalue weighted by molar-refractivity contribution is 9.11. The summed E-state index contributed by atoms with van der Waals surface area (Å²) in [5.74, 6) is -0.124. The second-order valence-electron chi connectivity index (χ2n) is 9.00. The van der Waals surface area contributed by atoms with Gasteiger partial charge in [-0.2, -0.15) is 5.10 Å². The Morgan fingerprint density at radius 2 is 1.73 bits per heavy atom. The topological polar surface area (TPSA) is 75.6 Å². The Morgan fingerprint density at radius 3 is 2.44 bits per heavy atom. The molecule has 0 aliphatic heterocycles. The van der Waals surface area contributed by atoms with E-state index in [1.807, 2.05) is 48.7 Å². The zero-order chi connectivity index (χ0) is 28.8. The first-order valence-electron chi connectivity index (χ1n) is 12.4. The fourth-order valence-corrected chi connectivity index (χ4v) is 5.99. The fraction of sp³-hybridized carbons (Fsp3) is 0.0645. The number of hydrogen-bond donors (Lipinski definition) is 2. The summed E-state index contributed by atoms with van der Waals surface area (Å²) >= 11 is 8.49. The number of benzene rings is 4. The third-order valence-corrected chi connectivity index (χ3v) is 7.92. The zero-order valence-electron chi connectivity index (χ0n) is 21.7. The largest absolute Gasteiger partial charge is 0.486 e. The molecule has 206 valence electrons. The van der Waals surface area contributed by atoms with Gasteiger partial charge in [-0.05, 0) is 86.8 Å². The molecule has 6 nitrogen and oxygen atoms in total. The number of hydrazone groups is 1. The van der Waals surface area contributed by atoms with E-state index in [9.17, 15) is 9.18 Å². The van der Waals surface area contributed by atoms with E-state index in [4.69, 9.17) is 4.74 Å². The van der Waals surface area contributed by atoms with Crippen LogP contribution in [-0.4, -0.2) is 17.1 Å². The van der Waals surface area contributed by atoms with E-state index in [0.29, 0.717) is 25.8 Å². The Labute approximate surface area is 257 Å². The molecule has 1 amide bonds. The van der Waals surface area contributed by atoms with E-state index < -0.39 is 0 Å². The van der Waals surface area contributed by atoms with Crippen molar-refractivity contribution in [2.45, 2.75) is 13.5 Å². The molecule has 1 heterocycles. The molecule has 5 aromatic rings. The SMILES string of the molecule is Cc1ccc(Nc2nc(-c3ccc(C(=O)N/N=C\c4cc(Br)c(OCc5ccccc5F)c(Br)c4)cc3)cs2)cc1. The molecule has 0 atom stereocenters. The van der Waals surface area contributed by atoms with Gasteiger partial charge in [-0.3, -0.25) is 4.79 Å². The van der Waals surface area contributed by atoms with Crippen LogP contribution < -0.4 is 15.5 Å². The van der Waals surface area contributed by atoms with Gasteiger partial charge in [-0.15, -0.1) is 11.3 Å². The maximum atomic E-state index is 13.9. The number of nitrogens with one attached hydrogen (secondary N) is 2. The van der Waals surface area contributed by atoms with E-state index in [-0.39, 0.29) is 18.3 Å². The molecule has 0 spiro atoms. The van der Waals surface area contributed by atoms with Crippen LogP contribution in [0.2, 0.25) is 0 Å². The highest BCUT2D eigenvalue weighted by Gasteiger charge is 2.11. The van der Waals surface area contributed by atoms with Crippen LogP contribution in [-0.2, 0) is 6.61 Å². The van der Waals surface area contributed by atoms with E-state index in [2.05, 4.69) is 52.7 Å². The molecule has 0 aliphatic carbocycles. The predicted octanol–water partition coefficient (Wildman–Crippen LogP) is 8.87. The van der Waals surface area contributed by atoms with Gasteiger partial charge in [0.1, 0.15) is 18.2 Å². The molecule has 10 heteroatoms. The van der Waals surface area contributed by atoms with E-state index in [1.165, 1.54) is 29.2 Å². The number of hydrogen-bond acceptors (Lipinski definition) is 6. The van der Waals surface area contributed by atoms with Crippen LogP contribution in [0.1, 0.15) is 27.0 Å². The highest BCUT2D eigenvalue weighted by Crippen LogP contribution is 2.35. The third-order valence-electron chi connectivity index (χ3n) is 5.98. The summed E-state index contributed by atoms with van der Waals surface area (Å²) in [4.78, 5) is 17.3. The fourth-order valence-electron chi connectivity index (χ4n) is 3.80. The molecule has 5 rings (SSSR count). The number of amides is 1. The highest BCUT2D eigenvalue weighted by atomic mass is 79.9. The van der Waals surface area contributed by atoms with Crippen LogP contribution in [0.5, 0.6) is 5.75 Å². The van der Waals surface area contributed by atoms with Crippen LogP contribution in [0.25, 0.3) is 11.3 Å². The number of carbonyl (C=O) groups excluding carboxylic acids is 1. The van der Waals surface area contributed by atoms with Crippen LogP contribution >= 0.6 is 43.2 Å². The number of nitrogens with zero attached hydrogens (tertiary/aromatic N) is 2. The number of aryl methyl sites for hydroxylation is 1. The Hall–Kier alpha value is -3.86. The van der Waals surface area contributed by atoms with Gasteiger partial charge in [0.2, 0.25) is 0 Å². The van der Waals surface area contributed by atoms with E-state index in [0.717, 1.165) is 27.6 Å². The minimum atomic E-state index is -0.337. The van der Waals surface area contributed by atoms with Gasteiger partial charge < -0.3 is 10.1 Å². The normalized spacial score (nSPS) is 11.0. The number of rotatable bonds is 9. The minimum Gasteiger partial charge on any atom is -0.486 e. The van der Waals surface area contributed by atoms with Crippen molar-refractivity contribution in [2.75, 3.05) is 5.32 Å². The molecule has 0 fully saturated rings. The molecule has 4 aromatic carbocycles. The Morgan fingerprint density at radius 1 is 1.02 bits per heavy atom. The van der Waals surface area contributed by atoms with Gasteiger partial charge in [-0.25, -0.2) is 14.8 Å². The lowest BCUT2D eigenvalue weighted by molar-refractivity contribution is 0.0955.